The predicted octanol–water partition coefficient (Wildman–Crippen LogP) is 3.30. The van der Waals surface area contributed by atoms with E-state index in [9.17, 15) is 0 Å². The van der Waals surface area contributed by atoms with Crippen LogP contribution in [0, 0.1) is 0 Å². The normalized spacial score (nSPS) is 15.7. The van der Waals surface area contributed by atoms with Crippen LogP contribution in [0.15, 0.2) is 5.38 Å². The van der Waals surface area contributed by atoms with Gasteiger partial charge in [-0.3, -0.25) is 0 Å². The summed E-state index contributed by atoms with van der Waals surface area (Å²) in [5.41, 5.74) is 1.12. The van der Waals surface area contributed by atoms with Gasteiger partial charge in [-0.05, 0) is 13.0 Å². The largest absolute Gasteiger partial charge is 0.382 e. The zero-order valence-electron chi connectivity index (χ0n) is 12.5. The summed E-state index contributed by atoms with van der Waals surface area (Å²) in [5, 5.41) is 6.86. The Bertz CT molecular complexity index is 362. The third kappa shape index (κ3) is 3.31. The van der Waals surface area contributed by atoms with Gasteiger partial charge in [0.05, 0.1) is 17.8 Å². The van der Waals surface area contributed by atoms with Crippen LogP contribution in [-0.4, -0.2) is 25.2 Å². The maximum Gasteiger partial charge on any atom is 0.115 e. The highest BCUT2D eigenvalue weighted by atomic mass is 32.1. The highest BCUT2D eigenvalue weighted by Crippen LogP contribution is 2.32. The first-order valence-corrected chi connectivity index (χ1v) is 7.48. The van der Waals surface area contributed by atoms with Gasteiger partial charge in [0.1, 0.15) is 5.01 Å². The van der Waals surface area contributed by atoms with Crippen molar-refractivity contribution >= 4 is 11.3 Å². The molecule has 4 heteroatoms. The van der Waals surface area contributed by atoms with Crippen LogP contribution >= 0.6 is 11.3 Å². The Balaban J connectivity index is 3.09. The predicted molar refractivity (Wildman–Crippen MR) is 78.3 cm³/mol. The SMILES string of the molecule is CCNC(CC)(COC)c1nc(C(C)(C)C)cs1. The molecule has 1 heterocycles. The smallest absolute Gasteiger partial charge is 0.115 e. The Kier molecular flexibility index (Phi) is 5.32. The summed E-state index contributed by atoms with van der Waals surface area (Å²) in [6.45, 7) is 12.5. The van der Waals surface area contributed by atoms with Crippen LogP contribution in [0.5, 0.6) is 0 Å². The van der Waals surface area contributed by atoms with Gasteiger partial charge in [-0.1, -0.05) is 34.6 Å². The number of aromatic nitrogens is 1. The van der Waals surface area contributed by atoms with Gasteiger partial charge >= 0.3 is 0 Å². The quantitative estimate of drug-likeness (QED) is 0.861. The summed E-state index contributed by atoms with van der Waals surface area (Å²) in [7, 11) is 1.75. The number of hydrogen-bond donors (Lipinski definition) is 1. The summed E-state index contributed by atoms with van der Waals surface area (Å²) < 4.78 is 5.40. The van der Waals surface area contributed by atoms with Crippen LogP contribution in [0.1, 0.15) is 51.7 Å². The van der Waals surface area contributed by atoms with Crippen molar-refractivity contribution in [1.82, 2.24) is 10.3 Å². The zero-order chi connectivity index (χ0) is 13.8. The molecule has 3 nitrogen and oxygen atoms in total. The first-order valence-electron chi connectivity index (χ1n) is 6.60. The molecule has 0 spiro atoms. The summed E-state index contributed by atoms with van der Waals surface area (Å²) in [6, 6.07) is 0. The minimum absolute atomic E-state index is 0.105. The molecule has 0 amide bonds. The molecule has 1 rings (SSSR count). The van der Waals surface area contributed by atoms with E-state index >= 15 is 0 Å². The second-order valence-corrected chi connectivity index (χ2v) is 6.55. The van der Waals surface area contributed by atoms with Crippen molar-refractivity contribution in [2.24, 2.45) is 0 Å². The molecule has 0 saturated carbocycles. The molecular formula is C14H26N2OS. The molecule has 1 N–H and O–H groups in total. The van der Waals surface area contributed by atoms with Crippen molar-refractivity contribution in [3.05, 3.63) is 16.1 Å². The van der Waals surface area contributed by atoms with Gasteiger partial charge in [-0.25, -0.2) is 4.98 Å². The van der Waals surface area contributed by atoms with Crippen LogP contribution in [0.3, 0.4) is 0 Å². The third-order valence-corrected chi connectivity index (χ3v) is 4.24. The molecule has 1 aromatic heterocycles. The number of thiazole rings is 1. The fourth-order valence-corrected chi connectivity index (χ4v) is 3.27. The highest BCUT2D eigenvalue weighted by molar-refractivity contribution is 7.09. The summed E-state index contributed by atoms with van der Waals surface area (Å²) in [6.07, 6.45) is 0.978. The Morgan fingerprint density at radius 1 is 1.33 bits per heavy atom. The number of rotatable bonds is 6. The van der Waals surface area contributed by atoms with Gasteiger partial charge < -0.3 is 10.1 Å². The average Bonchev–Trinajstić information content (AvgIpc) is 2.78. The molecule has 104 valence electrons. The fraction of sp³-hybridized carbons (Fsp3) is 0.786. The van der Waals surface area contributed by atoms with E-state index in [0.29, 0.717) is 6.61 Å². The van der Waals surface area contributed by atoms with Crippen LogP contribution in [0.4, 0.5) is 0 Å². The molecule has 18 heavy (non-hydrogen) atoms. The van der Waals surface area contributed by atoms with Crippen molar-refractivity contribution < 1.29 is 4.74 Å². The molecule has 0 aliphatic heterocycles. The van der Waals surface area contributed by atoms with Crippen molar-refractivity contribution in [2.75, 3.05) is 20.3 Å². The maximum absolute atomic E-state index is 5.40. The van der Waals surface area contributed by atoms with E-state index in [1.807, 2.05) is 0 Å². The second kappa shape index (κ2) is 6.13. The molecule has 1 aromatic rings. The molecule has 0 bridgehead atoms. The molecule has 0 saturated heterocycles. The van der Waals surface area contributed by atoms with Crippen LogP contribution in [-0.2, 0) is 15.7 Å². The third-order valence-electron chi connectivity index (χ3n) is 3.19. The van der Waals surface area contributed by atoms with Crippen molar-refractivity contribution in [2.45, 2.75) is 52.0 Å². The van der Waals surface area contributed by atoms with Crippen LogP contribution < -0.4 is 5.32 Å². The number of nitrogens with zero attached hydrogens (tertiary/aromatic N) is 1. The van der Waals surface area contributed by atoms with E-state index in [1.165, 1.54) is 0 Å². The van der Waals surface area contributed by atoms with Crippen LogP contribution in [0.2, 0.25) is 0 Å². The van der Waals surface area contributed by atoms with Gasteiger partial charge in [0, 0.05) is 17.9 Å². The molecule has 1 unspecified atom stereocenters. The van der Waals surface area contributed by atoms with E-state index in [1.54, 1.807) is 18.4 Å². The molecule has 0 fully saturated rings. The Hall–Kier alpha value is -0.450. The molecule has 0 aromatic carbocycles. The lowest BCUT2D eigenvalue weighted by atomic mass is 9.92. The summed E-state index contributed by atoms with van der Waals surface area (Å²) in [5.74, 6) is 0. The maximum atomic E-state index is 5.40. The molecule has 0 aliphatic carbocycles. The molecule has 0 radical (unpaired) electrons. The van der Waals surface area contributed by atoms with E-state index < -0.39 is 0 Å². The average molecular weight is 270 g/mol. The standard InChI is InChI=1S/C14H26N2OS/c1-7-14(10-17-6,15-8-2)12-16-11(9-18-12)13(3,4)5/h9,15H,7-8,10H2,1-6H3. The Morgan fingerprint density at radius 3 is 2.39 bits per heavy atom. The van der Waals surface area contributed by atoms with Gasteiger partial charge in [-0.2, -0.15) is 0 Å². The minimum atomic E-state index is -0.141. The number of likely N-dealkylation sites (N-methyl/N-ethyl adjacent to an activating group) is 1. The van der Waals surface area contributed by atoms with E-state index in [4.69, 9.17) is 9.72 Å². The van der Waals surface area contributed by atoms with Crippen molar-refractivity contribution in [3.63, 3.8) is 0 Å². The van der Waals surface area contributed by atoms with Gasteiger partial charge in [-0.15, -0.1) is 11.3 Å². The zero-order valence-corrected chi connectivity index (χ0v) is 13.3. The highest BCUT2D eigenvalue weighted by Gasteiger charge is 2.33. The molecule has 0 aliphatic rings. The first kappa shape index (κ1) is 15.6. The topological polar surface area (TPSA) is 34.1 Å². The lowest BCUT2D eigenvalue weighted by molar-refractivity contribution is 0.105. The number of nitrogens with one attached hydrogen (secondary N) is 1. The Morgan fingerprint density at radius 2 is 2.00 bits per heavy atom. The van der Waals surface area contributed by atoms with E-state index in [2.05, 4.69) is 45.3 Å². The fourth-order valence-electron chi connectivity index (χ4n) is 1.99. The lowest BCUT2D eigenvalue weighted by Gasteiger charge is -2.31. The Labute approximate surface area is 115 Å². The molecule has 1 atom stereocenters. The molecular weight excluding hydrogens is 244 g/mol. The van der Waals surface area contributed by atoms with Gasteiger partial charge in [0.25, 0.3) is 0 Å². The van der Waals surface area contributed by atoms with E-state index in [-0.39, 0.29) is 11.0 Å². The van der Waals surface area contributed by atoms with Gasteiger partial charge in [0.15, 0.2) is 0 Å². The number of ether oxygens (including phenoxy) is 1. The number of methoxy groups -OCH3 is 1. The van der Waals surface area contributed by atoms with Gasteiger partial charge in [0.2, 0.25) is 0 Å². The monoisotopic (exact) mass is 270 g/mol. The van der Waals surface area contributed by atoms with E-state index in [0.717, 1.165) is 23.7 Å². The number of hydrogen-bond acceptors (Lipinski definition) is 4. The first-order chi connectivity index (χ1) is 8.39. The van der Waals surface area contributed by atoms with Crippen LogP contribution in [0.25, 0.3) is 0 Å². The minimum Gasteiger partial charge on any atom is -0.382 e. The van der Waals surface area contributed by atoms with Crippen molar-refractivity contribution in [3.8, 4) is 0 Å². The summed E-state index contributed by atoms with van der Waals surface area (Å²) >= 11 is 1.73. The summed E-state index contributed by atoms with van der Waals surface area (Å²) in [4.78, 5) is 4.84. The second-order valence-electron chi connectivity index (χ2n) is 5.69. The lowest BCUT2D eigenvalue weighted by Crippen LogP contribution is -2.45. The van der Waals surface area contributed by atoms with Crippen molar-refractivity contribution in [1.29, 1.82) is 0 Å².